The van der Waals surface area contributed by atoms with Crippen LogP contribution < -0.4 is 10.3 Å². The summed E-state index contributed by atoms with van der Waals surface area (Å²) in [7, 11) is -4.13. The number of thiophene rings is 1. The van der Waals surface area contributed by atoms with E-state index in [2.05, 4.69) is 15.0 Å². The zero-order valence-electron chi connectivity index (χ0n) is 17.4. The number of aromatic nitrogens is 3. The van der Waals surface area contributed by atoms with Gasteiger partial charge in [0.05, 0.1) is 11.9 Å². The number of sulfonamides is 1. The molecule has 0 amide bonds. The molecule has 4 aromatic rings. The zero-order valence-corrected chi connectivity index (χ0v) is 19.8. The number of fused-ring (bicyclic) bond motifs is 1. The Labute approximate surface area is 202 Å². The van der Waals surface area contributed by atoms with Crippen LogP contribution in [0.5, 0.6) is 0 Å². The van der Waals surface area contributed by atoms with E-state index in [9.17, 15) is 23.1 Å². The Hall–Kier alpha value is -3.12. The highest BCUT2D eigenvalue weighted by Crippen LogP contribution is 2.46. The van der Waals surface area contributed by atoms with E-state index in [0.717, 1.165) is 21.6 Å². The lowest BCUT2D eigenvalue weighted by atomic mass is 10.2. The summed E-state index contributed by atoms with van der Waals surface area (Å²) in [6, 6.07) is 16.7. The van der Waals surface area contributed by atoms with Crippen LogP contribution in [0.15, 0.2) is 69.7 Å². The summed E-state index contributed by atoms with van der Waals surface area (Å²) in [5.41, 5.74) is -0.914. The van der Waals surface area contributed by atoms with Crippen molar-refractivity contribution in [1.82, 2.24) is 19.7 Å². The second kappa shape index (κ2) is 8.27. The first kappa shape index (κ1) is 22.7. The summed E-state index contributed by atoms with van der Waals surface area (Å²) in [4.78, 5) is 25.5. The van der Waals surface area contributed by atoms with E-state index in [0.29, 0.717) is 20.8 Å². The average Bonchev–Trinajstić information content (AvgIpc) is 3.25. The van der Waals surface area contributed by atoms with Gasteiger partial charge in [0.15, 0.2) is 0 Å². The van der Waals surface area contributed by atoms with Crippen molar-refractivity contribution >= 4 is 49.8 Å². The standard InChI is InChI=1S/C22H17ClN4O5S2/c23-15-7-5-13(6-8-15)18-9-10-19(33-18)34(31,32)25-22(21(29)30)11-14(22)12-27-20(28)16-3-1-2-4-17(16)24-26-27/h1-10,14,25H,11-12H2,(H,29,30). The lowest BCUT2D eigenvalue weighted by molar-refractivity contribution is -0.140. The fourth-order valence-electron chi connectivity index (χ4n) is 3.86. The van der Waals surface area contributed by atoms with Gasteiger partial charge in [-0.25, -0.2) is 13.1 Å². The number of nitrogens with zero attached hydrogens (tertiary/aromatic N) is 3. The van der Waals surface area contributed by atoms with Crippen LogP contribution in [0.4, 0.5) is 0 Å². The summed E-state index contributed by atoms with van der Waals surface area (Å²) in [6.45, 7) is -0.0774. The smallest absolute Gasteiger partial charge is 0.325 e. The fourth-order valence-corrected chi connectivity index (χ4v) is 6.72. The summed E-state index contributed by atoms with van der Waals surface area (Å²) >= 11 is 6.93. The fraction of sp³-hybridized carbons (Fsp3) is 0.182. The number of aliphatic carboxylic acids is 1. The molecule has 0 spiro atoms. The van der Waals surface area contributed by atoms with Crippen molar-refractivity contribution in [1.29, 1.82) is 0 Å². The third kappa shape index (κ3) is 4.00. The summed E-state index contributed by atoms with van der Waals surface area (Å²) in [5, 5.41) is 18.7. The van der Waals surface area contributed by atoms with Gasteiger partial charge in [-0.1, -0.05) is 41.1 Å². The molecular formula is C22H17ClN4O5S2. The molecule has 5 rings (SSSR count). The Morgan fingerprint density at radius 2 is 1.91 bits per heavy atom. The Bertz CT molecular complexity index is 1580. The van der Waals surface area contributed by atoms with Crippen LogP contribution in [0.3, 0.4) is 0 Å². The van der Waals surface area contributed by atoms with E-state index in [4.69, 9.17) is 11.6 Å². The third-order valence-corrected chi connectivity index (χ3v) is 9.19. The minimum Gasteiger partial charge on any atom is -0.480 e. The molecule has 0 radical (unpaired) electrons. The normalized spacial score (nSPS) is 19.9. The molecule has 2 atom stereocenters. The molecule has 34 heavy (non-hydrogen) atoms. The number of nitrogens with one attached hydrogen (secondary N) is 1. The summed E-state index contributed by atoms with van der Waals surface area (Å²) in [6.07, 6.45) is 0.0257. The summed E-state index contributed by atoms with van der Waals surface area (Å²) in [5.74, 6) is -1.97. The van der Waals surface area contributed by atoms with Crippen LogP contribution >= 0.6 is 22.9 Å². The van der Waals surface area contributed by atoms with Crippen LogP contribution in [0.1, 0.15) is 6.42 Å². The Morgan fingerprint density at radius 1 is 1.18 bits per heavy atom. The molecule has 1 aliphatic rings. The molecule has 2 N–H and O–H groups in total. The van der Waals surface area contributed by atoms with Gasteiger partial charge in [-0.15, -0.1) is 16.4 Å². The van der Waals surface area contributed by atoms with Crippen LogP contribution in [0.2, 0.25) is 5.02 Å². The van der Waals surface area contributed by atoms with Gasteiger partial charge in [0.1, 0.15) is 15.3 Å². The van der Waals surface area contributed by atoms with E-state index < -0.39 is 33.0 Å². The first-order valence-corrected chi connectivity index (χ1v) is 12.8. The molecule has 2 aromatic heterocycles. The molecule has 1 fully saturated rings. The summed E-state index contributed by atoms with van der Waals surface area (Å²) < 4.78 is 29.5. The maximum Gasteiger partial charge on any atom is 0.325 e. The van der Waals surface area contributed by atoms with E-state index in [1.165, 1.54) is 6.07 Å². The van der Waals surface area contributed by atoms with Gasteiger partial charge in [-0.2, -0.15) is 4.72 Å². The van der Waals surface area contributed by atoms with E-state index >= 15 is 0 Å². The quantitative estimate of drug-likeness (QED) is 0.386. The highest BCUT2D eigenvalue weighted by Gasteiger charge is 2.63. The van der Waals surface area contributed by atoms with Gasteiger partial charge in [-0.05, 0) is 48.4 Å². The number of carboxylic acids is 1. The van der Waals surface area contributed by atoms with Crippen LogP contribution in [-0.2, 0) is 21.4 Å². The molecule has 2 unspecified atom stereocenters. The maximum absolute atomic E-state index is 13.0. The molecule has 2 heterocycles. The molecule has 1 aliphatic carbocycles. The highest BCUT2D eigenvalue weighted by atomic mass is 35.5. The van der Waals surface area contributed by atoms with Gasteiger partial charge in [-0.3, -0.25) is 9.59 Å². The van der Waals surface area contributed by atoms with Gasteiger partial charge < -0.3 is 5.11 Å². The molecule has 2 aromatic carbocycles. The third-order valence-electron chi connectivity index (χ3n) is 5.80. The number of hydrogen-bond acceptors (Lipinski definition) is 7. The monoisotopic (exact) mass is 516 g/mol. The van der Waals surface area contributed by atoms with Gasteiger partial charge in [0.2, 0.25) is 0 Å². The maximum atomic E-state index is 13.0. The second-order valence-corrected chi connectivity index (χ2v) is 11.4. The lowest BCUT2D eigenvalue weighted by Crippen LogP contribution is -2.45. The van der Waals surface area contributed by atoms with Crippen LogP contribution in [0, 0.1) is 5.92 Å². The van der Waals surface area contributed by atoms with E-state index in [1.807, 2.05) is 0 Å². The Kier molecular flexibility index (Phi) is 5.52. The van der Waals surface area contributed by atoms with Crippen molar-refractivity contribution in [3.63, 3.8) is 0 Å². The minimum absolute atomic E-state index is 0.00797. The van der Waals surface area contributed by atoms with E-state index in [-0.39, 0.29) is 17.2 Å². The topological polar surface area (TPSA) is 131 Å². The Balaban J connectivity index is 1.38. The molecule has 0 bridgehead atoms. The molecular weight excluding hydrogens is 500 g/mol. The van der Waals surface area contributed by atoms with Crippen molar-refractivity contribution in [2.45, 2.75) is 22.7 Å². The second-order valence-electron chi connectivity index (χ2n) is 8.00. The van der Waals surface area contributed by atoms with Crippen molar-refractivity contribution < 1.29 is 18.3 Å². The van der Waals surface area contributed by atoms with Crippen LogP contribution in [-0.4, -0.2) is 40.0 Å². The van der Waals surface area contributed by atoms with Crippen molar-refractivity contribution in [3.05, 3.63) is 76.0 Å². The van der Waals surface area contributed by atoms with E-state index in [1.54, 1.807) is 54.6 Å². The number of benzene rings is 2. The molecule has 0 saturated heterocycles. The number of hydrogen-bond donors (Lipinski definition) is 2. The molecule has 9 nitrogen and oxygen atoms in total. The molecule has 1 saturated carbocycles. The average molecular weight is 517 g/mol. The van der Waals surface area contributed by atoms with Gasteiger partial charge in [0.25, 0.3) is 15.6 Å². The minimum atomic E-state index is -4.13. The number of halogens is 1. The van der Waals surface area contributed by atoms with Gasteiger partial charge >= 0.3 is 5.97 Å². The zero-order chi connectivity index (χ0) is 24.1. The highest BCUT2D eigenvalue weighted by molar-refractivity contribution is 7.91. The first-order valence-electron chi connectivity index (χ1n) is 10.2. The number of carboxylic acid groups (broad SMARTS) is 1. The number of carbonyl (C=O) groups is 1. The number of rotatable bonds is 7. The molecule has 174 valence electrons. The molecule has 12 heteroatoms. The lowest BCUT2D eigenvalue weighted by Gasteiger charge is -2.15. The van der Waals surface area contributed by atoms with Crippen LogP contribution in [0.25, 0.3) is 21.3 Å². The van der Waals surface area contributed by atoms with Crippen molar-refractivity contribution in [2.24, 2.45) is 5.92 Å². The predicted molar refractivity (Wildman–Crippen MR) is 127 cm³/mol. The largest absolute Gasteiger partial charge is 0.480 e. The predicted octanol–water partition coefficient (Wildman–Crippen LogP) is 3.00. The molecule has 0 aliphatic heterocycles. The first-order chi connectivity index (χ1) is 16.2. The van der Waals surface area contributed by atoms with Crippen molar-refractivity contribution in [2.75, 3.05) is 0 Å². The SMILES string of the molecule is O=C(O)C1(NS(=O)(=O)c2ccc(-c3ccc(Cl)cc3)s2)CC1Cn1nnc2ccccc2c1=O. The van der Waals surface area contributed by atoms with Crippen molar-refractivity contribution in [3.8, 4) is 10.4 Å². The van der Waals surface area contributed by atoms with Gasteiger partial charge in [0, 0.05) is 15.8 Å². The Morgan fingerprint density at radius 3 is 2.65 bits per heavy atom.